The van der Waals surface area contributed by atoms with Gasteiger partial charge in [-0.15, -0.1) is 11.3 Å². The van der Waals surface area contributed by atoms with E-state index in [4.69, 9.17) is 14.2 Å². The Kier molecular flexibility index (Phi) is 10.4. The minimum Gasteiger partial charge on any atom is -0.460 e. The number of amides is 1. The Hall–Kier alpha value is -2.77. The van der Waals surface area contributed by atoms with E-state index in [0.29, 0.717) is 43.6 Å². The summed E-state index contributed by atoms with van der Waals surface area (Å²) in [6, 6.07) is 8.62. The fourth-order valence-corrected chi connectivity index (χ4v) is 5.81. The predicted molar refractivity (Wildman–Crippen MR) is 155 cm³/mol. The van der Waals surface area contributed by atoms with Gasteiger partial charge in [0.25, 0.3) is 5.91 Å². The number of hydrogen-bond donors (Lipinski definition) is 0. The van der Waals surface area contributed by atoms with Crippen LogP contribution in [0.25, 0.3) is 0 Å². The molecular weight excluding hydrogens is 526 g/mol. The zero-order valence-electron chi connectivity index (χ0n) is 24.2. The number of ether oxygens (including phenoxy) is 3. The van der Waals surface area contributed by atoms with Gasteiger partial charge in [0, 0.05) is 31.6 Å². The molecule has 3 heterocycles. The molecule has 2 aliphatic heterocycles. The summed E-state index contributed by atoms with van der Waals surface area (Å²) in [6.45, 7) is 12.8. The molecule has 4 rings (SSSR count). The number of benzene rings is 1. The largest absolute Gasteiger partial charge is 0.460 e. The number of rotatable bonds is 9. The molecule has 2 aliphatic rings. The van der Waals surface area contributed by atoms with Crippen LogP contribution in [0.2, 0.25) is 0 Å². The smallest absolute Gasteiger partial charge is 0.308 e. The van der Waals surface area contributed by atoms with Crippen LogP contribution < -0.4 is 0 Å². The van der Waals surface area contributed by atoms with Crippen molar-refractivity contribution in [3.05, 3.63) is 51.5 Å². The zero-order chi connectivity index (χ0) is 28.6. The Labute approximate surface area is 242 Å². The molecule has 0 unspecified atom stereocenters. The lowest BCUT2D eigenvalue weighted by Crippen LogP contribution is -2.58. The summed E-state index contributed by atoms with van der Waals surface area (Å²) in [5.41, 5.74) is 2.23. The van der Waals surface area contributed by atoms with E-state index in [2.05, 4.69) is 46.0 Å². The summed E-state index contributed by atoms with van der Waals surface area (Å²) in [5.74, 6) is 5.51. The van der Waals surface area contributed by atoms with Crippen molar-refractivity contribution in [2.75, 3.05) is 46.0 Å². The van der Waals surface area contributed by atoms with Crippen molar-refractivity contribution >= 4 is 23.2 Å². The van der Waals surface area contributed by atoms with Crippen LogP contribution in [0.4, 0.5) is 0 Å². The third-order valence-corrected chi connectivity index (χ3v) is 7.82. The van der Waals surface area contributed by atoms with Gasteiger partial charge in [0.05, 0.1) is 38.4 Å². The molecule has 2 fully saturated rings. The maximum Gasteiger partial charge on any atom is 0.308 e. The van der Waals surface area contributed by atoms with Gasteiger partial charge in [0.2, 0.25) is 0 Å². The molecular formula is C31H41N3O5S. The number of esters is 1. The number of aromatic nitrogens is 1. The standard InChI is InChI=1S/C31H41N3O5S/c1-5-7-27-32-26(22-40-27)29(36)34-16-19-38-31(23-34)12-14-33(15-13-31)21-25-9-6-8-24(20-25)10-17-37-18-11-28(35)39-30(2,3)4/h6,8-9,20,22H,10-19,21,23H2,1-4H3. The second-order valence-electron chi connectivity index (χ2n) is 11.5. The van der Waals surface area contributed by atoms with Crippen molar-refractivity contribution in [2.24, 2.45) is 0 Å². The molecule has 1 amide bonds. The molecule has 216 valence electrons. The quantitative estimate of drug-likeness (QED) is 0.254. The summed E-state index contributed by atoms with van der Waals surface area (Å²) >= 11 is 1.41. The fraction of sp³-hybridized carbons (Fsp3) is 0.581. The summed E-state index contributed by atoms with van der Waals surface area (Å²) in [6.07, 6.45) is 2.86. The van der Waals surface area contributed by atoms with Crippen molar-refractivity contribution in [1.82, 2.24) is 14.8 Å². The number of carbonyl (C=O) groups excluding carboxylic acids is 2. The first-order chi connectivity index (χ1) is 19.1. The Morgan fingerprint density at radius 3 is 2.67 bits per heavy atom. The van der Waals surface area contributed by atoms with Gasteiger partial charge in [-0.3, -0.25) is 14.5 Å². The van der Waals surface area contributed by atoms with Crippen LogP contribution >= 0.6 is 11.3 Å². The molecule has 0 radical (unpaired) electrons. The highest BCUT2D eigenvalue weighted by atomic mass is 32.1. The molecule has 1 aromatic heterocycles. The topological polar surface area (TPSA) is 81.2 Å². The Morgan fingerprint density at radius 2 is 1.93 bits per heavy atom. The number of piperidine rings is 1. The molecule has 0 aliphatic carbocycles. The van der Waals surface area contributed by atoms with Crippen LogP contribution in [0.15, 0.2) is 29.6 Å². The molecule has 0 bridgehead atoms. The first kappa shape index (κ1) is 30.2. The summed E-state index contributed by atoms with van der Waals surface area (Å²) in [7, 11) is 0. The van der Waals surface area contributed by atoms with Crippen LogP contribution in [-0.2, 0) is 32.0 Å². The van der Waals surface area contributed by atoms with Crippen molar-refractivity contribution in [3.8, 4) is 11.8 Å². The van der Waals surface area contributed by atoms with E-state index >= 15 is 0 Å². The summed E-state index contributed by atoms with van der Waals surface area (Å²) < 4.78 is 17.3. The van der Waals surface area contributed by atoms with Crippen molar-refractivity contribution < 1.29 is 23.8 Å². The third kappa shape index (κ3) is 8.87. The van der Waals surface area contributed by atoms with E-state index in [1.807, 2.05) is 25.7 Å². The van der Waals surface area contributed by atoms with Crippen LogP contribution in [0.1, 0.15) is 73.6 Å². The molecule has 40 heavy (non-hydrogen) atoms. The van der Waals surface area contributed by atoms with E-state index in [1.54, 1.807) is 12.3 Å². The molecule has 2 aromatic rings. The highest BCUT2D eigenvalue weighted by molar-refractivity contribution is 7.10. The van der Waals surface area contributed by atoms with Crippen LogP contribution in [0.3, 0.4) is 0 Å². The molecule has 0 N–H and O–H groups in total. The Bertz CT molecular complexity index is 1220. The number of hydrogen-bond acceptors (Lipinski definition) is 8. The highest BCUT2D eigenvalue weighted by Gasteiger charge is 2.41. The lowest BCUT2D eigenvalue weighted by molar-refractivity contribution is -0.156. The second kappa shape index (κ2) is 13.7. The van der Waals surface area contributed by atoms with E-state index in [-0.39, 0.29) is 23.9 Å². The van der Waals surface area contributed by atoms with Crippen molar-refractivity contribution in [1.29, 1.82) is 0 Å². The molecule has 1 spiro atoms. The molecule has 2 saturated heterocycles. The normalized spacial score (nSPS) is 17.4. The lowest BCUT2D eigenvalue weighted by Gasteiger charge is -2.47. The van der Waals surface area contributed by atoms with E-state index < -0.39 is 5.60 Å². The molecule has 0 saturated carbocycles. The highest BCUT2D eigenvalue weighted by Crippen LogP contribution is 2.31. The van der Waals surface area contributed by atoms with Gasteiger partial charge in [-0.2, -0.15) is 0 Å². The second-order valence-corrected chi connectivity index (χ2v) is 12.3. The van der Waals surface area contributed by atoms with Gasteiger partial charge in [-0.25, -0.2) is 4.98 Å². The van der Waals surface area contributed by atoms with Crippen molar-refractivity contribution in [3.63, 3.8) is 0 Å². The van der Waals surface area contributed by atoms with Gasteiger partial charge in [0.1, 0.15) is 11.3 Å². The molecule has 1 aromatic carbocycles. The third-order valence-electron chi connectivity index (χ3n) is 7.06. The number of nitrogens with zero attached hydrogens (tertiary/aromatic N) is 3. The minimum absolute atomic E-state index is 0.0313. The first-order valence-electron chi connectivity index (χ1n) is 14.1. The molecule has 0 atom stereocenters. The van der Waals surface area contributed by atoms with Gasteiger partial charge in [0.15, 0.2) is 5.01 Å². The average Bonchev–Trinajstić information content (AvgIpc) is 3.38. The minimum atomic E-state index is -0.466. The van der Waals surface area contributed by atoms with E-state index in [0.717, 1.165) is 38.9 Å². The van der Waals surface area contributed by atoms with Gasteiger partial charge in [-0.05, 0) is 64.0 Å². The maximum absolute atomic E-state index is 13.1. The Morgan fingerprint density at radius 1 is 1.15 bits per heavy atom. The monoisotopic (exact) mass is 567 g/mol. The first-order valence-corrected chi connectivity index (χ1v) is 14.9. The van der Waals surface area contributed by atoms with Crippen LogP contribution in [0, 0.1) is 11.8 Å². The number of thiazole rings is 1. The number of carbonyl (C=O) groups is 2. The number of morpholine rings is 1. The predicted octanol–water partition coefficient (Wildman–Crippen LogP) is 4.31. The average molecular weight is 568 g/mol. The Balaban J connectivity index is 1.21. The SMILES string of the molecule is CC#Cc1nc(C(=O)N2CCOC3(CCN(Cc4cccc(CCOCCC(=O)OC(C)(C)C)c4)CC3)C2)cs1. The maximum atomic E-state index is 13.1. The lowest BCUT2D eigenvalue weighted by atomic mass is 9.89. The fourth-order valence-electron chi connectivity index (χ4n) is 5.12. The van der Waals surface area contributed by atoms with Crippen molar-refractivity contribution in [2.45, 2.75) is 71.1 Å². The summed E-state index contributed by atoms with van der Waals surface area (Å²) in [4.78, 5) is 33.7. The zero-order valence-corrected chi connectivity index (χ0v) is 25.0. The van der Waals surface area contributed by atoms with Gasteiger partial charge < -0.3 is 19.1 Å². The van der Waals surface area contributed by atoms with Crippen LogP contribution in [-0.4, -0.2) is 83.9 Å². The van der Waals surface area contributed by atoms with Gasteiger partial charge >= 0.3 is 5.97 Å². The van der Waals surface area contributed by atoms with E-state index in [1.165, 1.54) is 22.5 Å². The summed E-state index contributed by atoms with van der Waals surface area (Å²) in [5, 5.41) is 2.48. The van der Waals surface area contributed by atoms with Gasteiger partial charge in [-0.1, -0.05) is 30.2 Å². The van der Waals surface area contributed by atoms with Crippen LogP contribution in [0.5, 0.6) is 0 Å². The molecule has 9 heteroatoms. The molecule has 8 nitrogen and oxygen atoms in total. The van der Waals surface area contributed by atoms with E-state index in [9.17, 15) is 9.59 Å². The number of likely N-dealkylation sites (tertiary alicyclic amines) is 1.